The predicted octanol–water partition coefficient (Wildman–Crippen LogP) is -0.538. The van der Waals surface area contributed by atoms with E-state index in [1.165, 1.54) is 0 Å². The average molecular weight is 327 g/mol. The van der Waals surface area contributed by atoms with Crippen LogP contribution >= 0.6 is 12.4 Å². The smallest absolute Gasteiger partial charge is 0.235 e. The molecule has 0 aromatic rings. The number of carbonyl (C=O) groups is 1. The molecular weight excluding hydrogens is 304 g/mol. The fraction of sp³-hybridized carbons (Fsp3) is 0.917. The highest BCUT2D eigenvalue weighted by atomic mass is 35.5. The summed E-state index contributed by atoms with van der Waals surface area (Å²) in [4.78, 5) is 11.7. The minimum absolute atomic E-state index is 0. The van der Waals surface area contributed by atoms with Crippen LogP contribution in [-0.2, 0) is 14.6 Å². The summed E-state index contributed by atoms with van der Waals surface area (Å²) < 4.78 is 24.0. The lowest BCUT2D eigenvalue weighted by Gasteiger charge is -2.15. The molecule has 0 spiro atoms. The van der Waals surface area contributed by atoms with Gasteiger partial charge in [-0.25, -0.2) is 8.42 Å². The highest BCUT2D eigenvalue weighted by molar-refractivity contribution is 7.92. The van der Waals surface area contributed by atoms with Crippen LogP contribution in [0.25, 0.3) is 0 Å². The van der Waals surface area contributed by atoms with E-state index in [-0.39, 0.29) is 23.6 Å². The maximum Gasteiger partial charge on any atom is 0.235 e. The van der Waals surface area contributed by atoms with Crippen LogP contribution in [0.2, 0.25) is 0 Å². The Balaban J connectivity index is 0.00000200. The Morgan fingerprint density at radius 3 is 2.45 bits per heavy atom. The fourth-order valence-electron chi connectivity index (χ4n) is 2.77. The van der Waals surface area contributed by atoms with Crippen LogP contribution in [0.4, 0.5) is 0 Å². The van der Waals surface area contributed by atoms with Crippen LogP contribution in [0, 0.1) is 5.92 Å². The Hall–Kier alpha value is -0.370. The van der Waals surface area contributed by atoms with Gasteiger partial charge in [0.05, 0.1) is 11.4 Å². The summed E-state index contributed by atoms with van der Waals surface area (Å²) in [5.74, 6) is -0.905. The quantitative estimate of drug-likeness (QED) is 0.631. The van der Waals surface area contributed by atoms with E-state index in [4.69, 9.17) is 0 Å². The van der Waals surface area contributed by atoms with Crippen molar-refractivity contribution in [3.8, 4) is 0 Å². The van der Waals surface area contributed by atoms with Crippen molar-refractivity contribution in [3.05, 3.63) is 0 Å². The Morgan fingerprint density at radius 1 is 1.25 bits per heavy atom. The van der Waals surface area contributed by atoms with Gasteiger partial charge in [-0.1, -0.05) is 12.8 Å². The van der Waals surface area contributed by atoms with Crippen molar-refractivity contribution in [2.24, 2.45) is 5.92 Å². The van der Waals surface area contributed by atoms with Crippen LogP contribution in [0.15, 0.2) is 0 Å². The third-order valence-corrected chi connectivity index (χ3v) is 6.16. The molecule has 118 valence electrons. The van der Waals surface area contributed by atoms with E-state index < -0.39 is 27.6 Å². The zero-order valence-corrected chi connectivity index (χ0v) is 13.0. The standard InChI is InChI=1S/C12H22N2O4S.ClH/c15-11-7-13-5-9(11)6-14-12(16)8-19(17,18)10-3-1-2-4-10;/h9-11,13,15H,1-8H2,(H,14,16);1H. The molecule has 1 saturated heterocycles. The Kier molecular flexibility index (Phi) is 6.71. The number of rotatable bonds is 5. The number of aliphatic hydroxyl groups is 1. The molecule has 0 aromatic heterocycles. The molecule has 0 radical (unpaired) electrons. The minimum atomic E-state index is -3.31. The summed E-state index contributed by atoms with van der Waals surface area (Å²) in [5.41, 5.74) is 0. The number of amides is 1. The molecule has 3 N–H and O–H groups in total. The number of β-amino-alcohol motifs (C(OH)–C–C–N with tert-alkyl or cyclic N) is 1. The van der Waals surface area contributed by atoms with E-state index >= 15 is 0 Å². The number of hydrogen-bond donors (Lipinski definition) is 3. The molecular formula is C12H23ClN2O4S. The van der Waals surface area contributed by atoms with Crippen molar-refractivity contribution >= 4 is 28.2 Å². The SMILES string of the molecule is Cl.O=C(CS(=O)(=O)C1CCCC1)NCC1CNCC1O. The van der Waals surface area contributed by atoms with Gasteiger partial charge in [0.1, 0.15) is 5.75 Å². The normalized spacial score (nSPS) is 27.2. The molecule has 0 bridgehead atoms. The third-order valence-electron chi connectivity index (χ3n) is 4.01. The summed E-state index contributed by atoms with van der Waals surface area (Å²) in [6.45, 7) is 1.50. The van der Waals surface area contributed by atoms with Gasteiger partial charge >= 0.3 is 0 Å². The van der Waals surface area contributed by atoms with E-state index in [1.807, 2.05) is 0 Å². The molecule has 2 rings (SSSR count). The van der Waals surface area contributed by atoms with Gasteiger partial charge in [0, 0.05) is 25.6 Å². The Morgan fingerprint density at radius 2 is 1.90 bits per heavy atom. The molecule has 1 heterocycles. The summed E-state index contributed by atoms with van der Waals surface area (Å²) in [7, 11) is -3.31. The zero-order valence-electron chi connectivity index (χ0n) is 11.4. The van der Waals surface area contributed by atoms with Crippen molar-refractivity contribution in [3.63, 3.8) is 0 Å². The zero-order chi connectivity index (χ0) is 13.9. The fourth-order valence-corrected chi connectivity index (χ4v) is 4.53. The summed E-state index contributed by atoms with van der Waals surface area (Å²) in [6.07, 6.45) is 2.77. The van der Waals surface area contributed by atoms with Gasteiger partial charge in [-0.2, -0.15) is 0 Å². The molecule has 20 heavy (non-hydrogen) atoms. The van der Waals surface area contributed by atoms with Crippen molar-refractivity contribution in [2.45, 2.75) is 37.0 Å². The van der Waals surface area contributed by atoms with Crippen LogP contribution < -0.4 is 10.6 Å². The van der Waals surface area contributed by atoms with Gasteiger partial charge in [-0.3, -0.25) is 4.79 Å². The lowest BCUT2D eigenvalue weighted by atomic mass is 10.1. The average Bonchev–Trinajstić information content (AvgIpc) is 2.96. The first-order chi connectivity index (χ1) is 8.99. The first kappa shape index (κ1) is 17.7. The largest absolute Gasteiger partial charge is 0.391 e. The topological polar surface area (TPSA) is 95.5 Å². The van der Waals surface area contributed by atoms with Crippen molar-refractivity contribution < 1.29 is 18.3 Å². The molecule has 2 atom stereocenters. The van der Waals surface area contributed by atoms with E-state index in [1.54, 1.807) is 0 Å². The van der Waals surface area contributed by atoms with Crippen molar-refractivity contribution in [1.82, 2.24) is 10.6 Å². The second-order valence-electron chi connectivity index (χ2n) is 5.50. The van der Waals surface area contributed by atoms with E-state index in [0.717, 1.165) is 12.8 Å². The molecule has 1 saturated carbocycles. The molecule has 1 aliphatic carbocycles. The first-order valence-electron chi connectivity index (χ1n) is 6.86. The Labute approximate surface area is 126 Å². The molecule has 6 nitrogen and oxygen atoms in total. The van der Waals surface area contributed by atoms with Gasteiger partial charge in [-0.05, 0) is 12.8 Å². The molecule has 1 amide bonds. The number of carbonyl (C=O) groups excluding carboxylic acids is 1. The van der Waals surface area contributed by atoms with E-state index in [9.17, 15) is 18.3 Å². The number of nitrogens with one attached hydrogen (secondary N) is 2. The minimum Gasteiger partial charge on any atom is -0.391 e. The Bertz CT molecular complexity index is 423. The molecule has 1 aliphatic heterocycles. The summed E-state index contributed by atoms with van der Waals surface area (Å²) in [6, 6.07) is 0. The molecule has 2 fully saturated rings. The van der Waals surface area contributed by atoms with Crippen LogP contribution in [0.1, 0.15) is 25.7 Å². The lowest BCUT2D eigenvalue weighted by molar-refractivity contribution is -0.118. The van der Waals surface area contributed by atoms with Gasteiger partial charge in [0.2, 0.25) is 5.91 Å². The molecule has 8 heteroatoms. The first-order valence-corrected chi connectivity index (χ1v) is 8.57. The predicted molar refractivity (Wildman–Crippen MR) is 78.7 cm³/mol. The van der Waals surface area contributed by atoms with Crippen LogP contribution in [0.3, 0.4) is 0 Å². The third kappa shape index (κ3) is 4.58. The second kappa shape index (κ2) is 7.59. The van der Waals surface area contributed by atoms with E-state index in [0.29, 0.717) is 32.5 Å². The number of hydrogen-bond acceptors (Lipinski definition) is 5. The van der Waals surface area contributed by atoms with Crippen LogP contribution in [0.5, 0.6) is 0 Å². The number of halogens is 1. The monoisotopic (exact) mass is 326 g/mol. The summed E-state index contributed by atoms with van der Waals surface area (Å²) in [5, 5.41) is 14.9. The van der Waals surface area contributed by atoms with Crippen molar-refractivity contribution in [2.75, 3.05) is 25.4 Å². The van der Waals surface area contributed by atoms with E-state index in [2.05, 4.69) is 10.6 Å². The maximum atomic E-state index is 12.0. The molecule has 2 unspecified atom stereocenters. The summed E-state index contributed by atoms with van der Waals surface area (Å²) >= 11 is 0. The van der Waals surface area contributed by atoms with Gasteiger partial charge in [0.15, 0.2) is 9.84 Å². The number of aliphatic hydroxyl groups excluding tert-OH is 1. The molecule has 0 aromatic carbocycles. The lowest BCUT2D eigenvalue weighted by Crippen LogP contribution is -2.39. The van der Waals surface area contributed by atoms with Crippen molar-refractivity contribution in [1.29, 1.82) is 0 Å². The molecule has 2 aliphatic rings. The van der Waals surface area contributed by atoms with Gasteiger partial charge in [-0.15, -0.1) is 12.4 Å². The number of sulfone groups is 1. The highest BCUT2D eigenvalue weighted by Gasteiger charge is 2.31. The van der Waals surface area contributed by atoms with Crippen LogP contribution in [-0.4, -0.2) is 56.2 Å². The highest BCUT2D eigenvalue weighted by Crippen LogP contribution is 2.25. The van der Waals surface area contributed by atoms with Gasteiger partial charge in [0.25, 0.3) is 0 Å². The van der Waals surface area contributed by atoms with Gasteiger partial charge < -0.3 is 15.7 Å². The second-order valence-corrected chi connectivity index (χ2v) is 7.78. The maximum absolute atomic E-state index is 12.0.